The molecular weight excluding hydrogens is 266 g/mol. The Morgan fingerprint density at radius 2 is 2.05 bits per heavy atom. The van der Waals surface area contributed by atoms with E-state index in [1.165, 1.54) is 12.7 Å². The van der Waals surface area contributed by atoms with Crippen LogP contribution in [-0.4, -0.2) is 19.4 Å². The summed E-state index contributed by atoms with van der Waals surface area (Å²) in [6, 6.07) is 6.79. The molecule has 1 aliphatic carbocycles. The molecule has 4 nitrogen and oxygen atoms in total. The van der Waals surface area contributed by atoms with Gasteiger partial charge in [0.05, 0.1) is 12.7 Å². The van der Waals surface area contributed by atoms with E-state index in [0.29, 0.717) is 17.2 Å². The zero-order chi connectivity index (χ0) is 15.8. The first-order valence-electron chi connectivity index (χ1n) is 7.05. The Bertz CT molecular complexity index is 523. The standard InChI is InChI=1S/C9H14O.C8H9NO2/c1-7-3-4-9(6-10)8(2)5-7;1-11-8(10)6-4-2-3-5-7(6)9/h5-6,8-9H,3-4H2,1-2H3;2-5H,9H2,1H3. The topological polar surface area (TPSA) is 69.4 Å². The van der Waals surface area contributed by atoms with E-state index in [1.54, 1.807) is 24.3 Å². The van der Waals surface area contributed by atoms with Gasteiger partial charge in [-0.15, -0.1) is 0 Å². The Kier molecular flexibility index (Phi) is 6.66. The summed E-state index contributed by atoms with van der Waals surface area (Å²) in [5.41, 5.74) is 7.79. The van der Waals surface area contributed by atoms with Gasteiger partial charge in [0.2, 0.25) is 0 Å². The number of nitrogens with two attached hydrogens (primary N) is 1. The summed E-state index contributed by atoms with van der Waals surface area (Å²) >= 11 is 0. The van der Waals surface area contributed by atoms with E-state index < -0.39 is 5.97 Å². The van der Waals surface area contributed by atoms with Gasteiger partial charge in [0, 0.05) is 11.6 Å². The molecule has 2 atom stereocenters. The predicted octanol–water partition coefficient (Wildman–Crippen LogP) is 3.23. The summed E-state index contributed by atoms with van der Waals surface area (Å²) in [5, 5.41) is 0. The summed E-state index contributed by atoms with van der Waals surface area (Å²) in [7, 11) is 1.33. The van der Waals surface area contributed by atoms with Crippen LogP contribution in [0.15, 0.2) is 35.9 Å². The largest absolute Gasteiger partial charge is 0.465 e. The van der Waals surface area contributed by atoms with Crippen molar-refractivity contribution in [3.63, 3.8) is 0 Å². The number of anilines is 1. The molecule has 0 spiro atoms. The number of carbonyl (C=O) groups is 2. The fourth-order valence-corrected chi connectivity index (χ4v) is 2.30. The van der Waals surface area contributed by atoms with E-state index in [4.69, 9.17) is 5.73 Å². The van der Waals surface area contributed by atoms with Gasteiger partial charge < -0.3 is 15.3 Å². The number of benzene rings is 1. The molecule has 2 unspecified atom stereocenters. The van der Waals surface area contributed by atoms with Gasteiger partial charge >= 0.3 is 5.97 Å². The van der Waals surface area contributed by atoms with E-state index in [9.17, 15) is 9.59 Å². The van der Waals surface area contributed by atoms with Crippen LogP contribution in [0.4, 0.5) is 5.69 Å². The van der Waals surface area contributed by atoms with E-state index >= 15 is 0 Å². The van der Waals surface area contributed by atoms with Gasteiger partial charge in [-0.2, -0.15) is 0 Å². The maximum atomic E-state index is 10.9. The van der Waals surface area contributed by atoms with Gasteiger partial charge in [0.25, 0.3) is 0 Å². The average molecular weight is 289 g/mol. The fourth-order valence-electron chi connectivity index (χ4n) is 2.30. The molecule has 0 bridgehead atoms. The van der Waals surface area contributed by atoms with Crippen molar-refractivity contribution < 1.29 is 14.3 Å². The highest BCUT2D eigenvalue weighted by Crippen LogP contribution is 2.26. The number of ether oxygens (including phenoxy) is 1. The Morgan fingerprint density at radius 1 is 1.38 bits per heavy atom. The van der Waals surface area contributed by atoms with Gasteiger partial charge in [0.1, 0.15) is 6.29 Å². The molecule has 1 aliphatic rings. The van der Waals surface area contributed by atoms with Gasteiger partial charge in [-0.3, -0.25) is 0 Å². The maximum Gasteiger partial charge on any atom is 0.339 e. The molecule has 2 N–H and O–H groups in total. The molecule has 1 aromatic rings. The number of methoxy groups -OCH3 is 1. The smallest absolute Gasteiger partial charge is 0.339 e. The van der Waals surface area contributed by atoms with Crippen LogP contribution in [0.3, 0.4) is 0 Å². The SMILES string of the molecule is CC1=CC(C)C(C=O)CC1.COC(=O)c1ccccc1N. The third-order valence-corrected chi connectivity index (χ3v) is 3.64. The first-order chi connectivity index (χ1) is 9.99. The second kappa shape index (κ2) is 8.25. The Morgan fingerprint density at radius 3 is 2.57 bits per heavy atom. The highest BCUT2D eigenvalue weighted by Gasteiger charge is 2.18. The molecule has 21 heavy (non-hydrogen) atoms. The quantitative estimate of drug-likeness (QED) is 0.393. The molecule has 0 saturated carbocycles. The van der Waals surface area contributed by atoms with Crippen molar-refractivity contribution in [2.24, 2.45) is 11.8 Å². The minimum Gasteiger partial charge on any atom is -0.465 e. The van der Waals surface area contributed by atoms with Crippen molar-refractivity contribution in [3.8, 4) is 0 Å². The molecule has 4 heteroatoms. The Labute approximate surface area is 126 Å². The molecule has 2 rings (SSSR count). The van der Waals surface area contributed by atoms with Crippen LogP contribution in [0.2, 0.25) is 0 Å². The van der Waals surface area contributed by atoms with E-state index in [0.717, 1.165) is 19.1 Å². The van der Waals surface area contributed by atoms with E-state index in [2.05, 4.69) is 24.7 Å². The van der Waals surface area contributed by atoms with Crippen LogP contribution in [0.5, 0.6) is 0 Å². The monoisotopic (exact) mass is 289 g/mol. The van der Waals surface area contributed by atoms with Crippen molar-refractivity contribution >= 4 is 17.9 Å². The number of carbonyl (C=O) groups excluding carboxylic acids is 2. The minimum atomic E-state index is -0.400. The van der Waals surface area contributed by atoms with Crippen molar-refractivity contribution in [3.05, 3.63) is 41.5 Å². The summed E-state index contributed by atoms with van der Waals surface area (Å²) in [4.78, 5) is 21.4. The third-order valence-electron chi connectivity index (χ3n) is 3.64. The highest BCUT2D eigenvalue weighted by atomic mass is 16.5. The first kappa shape index (κ1) is 17.0. The maximum absolute atomic E-state index is 10.9. The van der Waals surface area contributed by atoms with Crippen molar-refractivity contribution in [2.75, 3.05) is 12.8 Å². The molecule has 0 radical (unpaired) electrons. The van der Waals surface area contributed by atoms with Crippen LogP contribution in [0.25, 0.3) is 0 Å². The normalized spacial score (nSPS) is 20.6. The number of nitrogen functional groups attached to an aromatic ring is 1. The van der Waals surface area contributed by atoms with Crippen LogP contribution in [0.1, 0.15) is 37.0 Å². The zero-order valence-corrected chi connectivity index (χ0v) is 12.8. The van der Waals surface area contributed by atoms with Crippen molar-refractivity contribution in [2.45, 2.75) is 26.7 Å². The van der Waals surface area contributed by atoms with E-state index in [1.807, 2.05) is 0 Å². The van der Waals surface area contributed by atoms with Crippen LogP contribution >= 0.6 is 0 Å². The molecule has 0 aliphatic heterocycles. The second-order valence-corrected chi connectivity index (χ2v) is 5.29. The summed E-state index contributed by atoms with van der Waals surface area (Å²) in [6.07, 6.45) is 5.46. The molecule has 0 saturated heterocycles. The van der Waals surface area contributed by atoms with E-state index in [-0.39, 0.29) is 5.92 Å². The van der Waals surface area contributed by atoms with Crippen molar-refractivity contribution in [1.82, 2.24) is 0 Å². The van der Waals surface area contributed by atoms with Crippen LogP contribution in [-0.2, 0) is 9.53 Å². The first-order valence-corrected chi connectivity index (χ1v) is 7.05. The fraction of sp³-hybridized carbons (Fsp3) is 0.412. The average Bonchev–Trinajstić information content (AvgIpc) is 2.48. The number of hydrogen-bond acceptors (Lipinski definition) is 4. The number of hydrogen-bond donors (Lipinski definition) is 1. The van der Waals surface area contributed by atoms with Crippen molar-refractivity contribution in [1.29, 1.82) is 0 Å². The van der Waals surface area contributed by atoms with Gasteiger partial charge in [-0.1, -0.05) is 30.7 Å². The molecule has 0 heterocycles. The van der Waals surface area contributed by atoms with Crippen LogP contribution < -0.4 is 5.73 Å². The molecule has 0 fully saturated rings. The van der Waals surface area contributed by atoms with Crippen LogP contribution in [0, 0.1) is 11.8 Å². The highest BCUT2D eigenvalue weighted by molar-refractivity contribution is 5.94. The number of para-hydroxylation sites is 1. The zero-order valence-electron chi connectivity index (χ0n) is 12.8. The molecular formula is C17H23NO3. The third kappa shape index (κ3) is 5.06. The number of allylic oxidation sites excluding steroid dienone is 2. The minimum absolute atomic E-state index is 0.281. The lowest BCUT2D eigenvalue weighted by Gasteiger charge is -2.21. The molecule has 1 aromatic carbocycles. The predicted molar refractivity (Wildman–Crippen MR) is 83.9 cm³/mol. The van der Waals surface area contributed by atoms with Gasteiger partial charge in [-0.05, 0) is 37.8 Å². The Hall–Kier alpha value is -2.10. The second-order valence-electron chi connectivity index (χ2n) is 5.29. The molecule has 0 aromatic heterocycles. The summed E-state index contributed by atoms with van der Waals surface area (Å²) in [6.45, 7) is 4.25. The van der Waals surface area contributed by atoms with Gasteiger partial charge in [0.15, 0.2) is 0 Å². The Balaban J connectivity index is 0.000000211. The van der Waals surface area contributed by atoms with Gasteiger partial charge in [-0.25, -0.2) is 4.79 Å². The summed E-state index contributed by atoms with van der Waals surface area (Å²) in [5.74, 6) is 0.345. The number of esters is 1. The summed E-state index contributed by atoms with van der Waals surface area (Å²) < 4.78 is 4.50. The lowest BCUT2D eigenvalue weighted by Crippen LogP contribution is -2.15. The number of rotatable bonds is 2. The number of aldehydes is 1. The lowest BCUT2D eigenvalue weighted by atomic mass is 9.83. The molecule has 114 valence electrons. The molecule has 0 amide bonds. The lowest BCUT2D eigenvalue weighted by molar-refractivity contribution is -0.112.